The zero-order valence-corrected chi connectivity index (χ0v) is 15.3. The van der Waals surface area contributed by atoms with E-state index in [1.54, 1.807) is 6.08 Å². The minimum atomic E-state index is -0.283. The first kappa shape index (κ1) is 17.8. The van der Waals surface area contributed by atoms with Gasteiger partial charge in [0.25, 0.3) is 0 Å². The van der Waals surface area contributed by atoms with Crippen molar-refractivity contribution in [2.24, 2.45) is 0 Å². The lowest BCUT2D eigenvalue weighted by atomic mass is 10.1. The van der Waals surface area contributed by atoms with E-state index in [1.807, 2.05) is 61.5 Å². The molecule has 0 aliphatic heterocycles. The molecule has 0 saturated carbocycles. The zero-order valence-electron chi connectivity index (χ0n) is 14.5. The maximum absolute atomic E-state index is 12.2. The Morgan fingerprint density at radius 2 is 1.73 bits per heavy atom. The normalized spacial score (nSPS) is 10.8. The highest BCUT2D eigenvalue weighted by molar-refractivity contribution is 7.18. The number of ketones is 1. The molecule has 3 aromatic rings. The SMILES string of the molecule is CC(=O)c1sc(NC(=O)/C=C/c2ccc(C)cc2)nc1-c1ccccc1. The summed E-state index contributed by atoms with van der Waals surface area (Å²) >= 11 is 1.19. The number of rotatable bonds is 5. The van der Waals surface area contributed by atoms with Crippen molar-refractivity contribution in [3.8, 4) is 11.3 Å². The lowest BCUT2D eigenvalue weighted by Gasteiger charge is -1.98. The molecule has 1 heterocycles. The van der Waals surface area contributed by atoms with Gasteiger partial charge in [0.1, 0.15) is 0 Å². The van der Waals surface area contributed by atoms with E-state index in [0.717, 1.165) is 11.1 Å². The van der Waals surface area contributed by atoms with Crippen molar-refractivity contribution in [1.29, 1.82) is 0 Å². The molecule has 1 N–H and O–H groups in total. The number of aromatic nitrogens is 1. The maximum Gasteiger partial charge on any atom is 0.250 e. The highest BCUT2D eigenvalue weighted by Crippen LogP contribution is 2.31. The van der Waals surface area contributed by atoms with Crippen molar-refractivity contribution in [3.05, 3.63) is 76.7 Å². The van der Waals surface area contributed by atoms with Gasteiger partial charge >= 0.3 is 0 Å². The summed E-state index contributed by atoms with van der Waals surface area (Å²) in [6.07, 6.45) is 3.20. The van der Waals surface area contributed by atoms with E-state index in [-0.39, 0.29) is 11.7 Å². The molecule has 0 aliphatic rings. The minimum Gasteiger partial charge on any atom is -0.298 e. The molecular weight excluding hydrogens is 344 g/mol. The molecule has 0 radical (unpaired) electrons. The second-order valence-electron chi connectivity index (χ2n) is 5.85. The number of benzene rings is 2. The van der Waals surface area contributed by atoms with Gasteiger partial charge in [0.05, 0.1) is 10.6 Å². The number of amides is 1. The van der Waals surface area contributed by atoms with Gasteiger partial charge in [-0.15, -0.1) is 0 Å². The highest BCUT2D eigenvalue weighted by atomic mass is 32.1. The summed E-state index contributed by atoms with van der Waals surface area (Å²) < 4.78 is 0. The van der Waals surface area contributed by atoms with Crippen LogP contribution < -0.4 is 5.32 Å². The van der Waals surface area contributed by atoms with Gasteiger partial charge in [0.2, 0.25) is 5.91 Å². The largest absolute Gasteiger partial charge is 0.298 e. The Morgan fingerprint density at radius 1 is 1.04 bits per heavy atom. The van der Waals surface area contributed by atoms with Crippen molar-refractivity contribution in [2.45, 2.75) is 13.8 Å². The minimum absolute atomic E-state index is 0.0722. The molecule has 4 nitrogen and oxygen atoms in total. The van der Waals surface area contributed by atoms with Crippen LogP contribution in [0.5, 0.6) is 0 Å². The number of thiazole rings is 1. The average Bonchev–Trinajstić information content (AvgIpc) is 3.06. The number of hydrogen-bond acceptors (Lipinski definition) is 4. The average molecular weight is 362 g/mol. The van der Waals surface area contributed by atoms with Crippen LogP contribution in [0.4, 0.5) is 5.13 Å². The van der Waals surface area contributed by atoms with Crippen LogP contribution in [0.25, 0.3) is 17.3 Å². The number of carbonyl (C=O) groups is 2. The summed E-state index contributed by atoms with van der Waals surface area (Å²) in [5.74, 6) is -0.355. The molecule has 0 fully saturated rings. The molecule has 1 amide bonds. The van der Waals surface area contributed by atoms with Gasteiger partial charge in [0, 0.05) is 18.6 Å². The van der Waals surface area contributed by atoms with Gasteiger partial charge in [-0.05, 0) is 18.6 Å². The van der Waals surface area contributed by atoms with Gasteiger partial charge in [-0.1, -0.05) is 71.5 Å². The van der Waals surface area contributed by atoms with Crippen LogP contribution in [0.2, 0.25) is 0 Å². The number of Topliss-reactive ketones (excluding diaryl/α,β-unsaturated/α-hetero) is 1. The molecule has 0 bridgehead atoms. The molecule has 0 saturated heterocycles. The van der Waals surface area contributed by atoms with Crippen LogP contribution in [0.3, 0.4) is 0 Å². The van der Waals surface area contributed by atoms with Crippen LogP contribution in [0.15, 0.2) is 60.7 Å². The molecule has 130 valence electrons. The van der Waals surface area contributed by atoms with Gasteiger partial charge in [-0.25, -0.2) is 4.98 Å². The number of hydrogen-bond donors (Lipinski definition) is 1. The Labute approximate surface area is 156 Å². The molecule has 1 aromatic heterocycles. The number of nitrogens with zero attached hydrogens (tertiary/aromatic N) is 1. The van der Waals surface area contributed by atoms with E-state index < -0.39 is 0 Å². The smallest absolute Gasteiger partial charge is 0.250 e. The van der Waals surface area contributed by atoms with Gasteiger partial charge < -0.3 is 0 Å². The third-order valence-corrected chi connectivity index (χ3v) is 4.80. The van der Waals surface area contributed by atoms with Crippen molar-refractivity contribution in [2.75, 3.05) is 5.32 Å². The fourth-order valence-corrected chi connectivity index (χ4v) is 3.29. The first-order valence-electron chi connectivity index (χ1n) is 8.16. The summed E-state index contributed by atoms with van der Waals surface area (Å²) in [7, 11) is 0. The molecule has 0 spiro atoms. The van der Waals surface area contributed by atoms with Crippen molar-refractivity contribution in [3.63, 3.8) is 0 Å². The summed E-state index contributed by atoms with van der Waals surface area (Å²) in [6.45, 7) is 3.52. The van der Waals surface area contributed by atoms with E-state index in [9.17, 15) is 9.59 Å². The first-order chi connectivity index (χ1) is 12.5. The number of carbonyl (C=O) groups excluding carboxylic acids is 2. The molecular formula is C21H18N2O2S. The molecule has 26 heavy (non-hydrogen) atoms. The van der Waals surface area contributed by atoms with E-state index in [4.69, 9.17) is 0 Å². The third-order valence-electron chi connectivity index (χ3n) is 3.73. The summed E-state index contributed by atoms with van der Waals surface area (Å²) in [5, 5.41) is 3.15. The Morgan fingerprint density at radius 3 is 2.38 bits per heavy atom. The molecule has 2 aromatic carbocycles. The van der Waals surface area contributed by atoms with Crippen LogP contribution in [0.1, 0.15) is 27.7 Å². The van der Waals surface area contributed by atoms with Crippen LogP contribution in [-0.4, -0.2) is 16.7 Å². The summed E-state index contributed by atoms with van der Waals surface area (Å²) in [6, 6.07) is 17.3. The van der Waals surface area contributed by atoms with Crippen LogP contribution in [-0.2, 0) is 4.79 Å². The number of nitrogens with one attached hydrogen (secondary N) is 1. The summed E-state index contributed by atoms with van der Waals surface area (Å²) in [5.41, 5.74) is 3.56. The lowest BCUT2D eigenvalue weighted by Crippen LogP contribution is -2.07. The predicted octanol–water partition coefficient (Wildman–Crippen LogP) is 4.97. The Bertz CT molecular complexity index is 957. The molecule has 5 heteroatoms. The molecule has 3 rings (SSSR count). The van der Waals surface area contributed by atoms with Crippen LogP contribution >= 0.6 is 11.3 Å². The lowest BCUT2D eigenvalue weighted by molar-refractivity contribution is -0.111. The topological polar surface area (TPSA) is 59.1 Å². The van der Waals surface area contributed by atoms with Crippen LogP contribution in [0, 0.1) is 6.92 Å². The molecule has 0 atom stereocenters. The standard InChI is InChI=1S/C21H18N2O2S/c1-14-8-10-16(11-9-14)12-13-18(25)22-21-23-19(20(26-21)15(2)24)17-6-4-3-5-7-17/h3-13H,1-2H3,(H,22,23,25)/b13-12+. The zero-order chi connectivity index (χ0) is 18.5. The van der Waals surface area contributed by atoms with E-state index in [1.165, 1.54) is 29.9 Å². The predicted molar refractivity (Wildman–Crippen MR) is 106 cm³/mol. The molecule has 0 aliphatic carbocycles. The third kappa shape index (κ3) is 4.32. The first-order valence-corrected chi connectivity index (χ1v) is 8.97. The second-order valence-corrected chi connectivity index (χ2v) is 6.85. The maximum atomic E-state index is 12.2. The van der Waals surface area contributed by atoms with Gasteiger partial charge in [0.15, 0.2) is 10.9 Å². The number of anilines is 1. The van der Waals surface area contributed by atoms with E-state index in [2.05, 4.69) is 10.3 Å². The monoisotopic (exact) mass is 362 g/mol. The Balaban J connectivity index is 1.78. The van der Waals surface area contributed by atoms with Crippen molar-refractivity contribution in [1.82, 2.24) is 4.98 Å². The quantitative estimate of drug-likeness (QED) is 0.515. The number of aryl methyl sites for hydroxylation is 1. The van der Waals surface area contributed by atoms with Gasteiger partial charge in [-0.3, -0.25) is 14.9 Å². The highest BCUT2D eigenvalue weighted by Gasteiger charge is 2.17. The fourth-order valence-electron chi connectivity index (χ4n) is 2.40. The fraction of sp³-hybridized carbons (Fsp3) is 0.0952. The van der Waals surface area contributed by atoms with Crippen molar-refractivity contribution < 1.29 is 9.59 Å². The molecule has 0 unspecified atom stereocenters. The Hall–Kier alpha value is -3.05. The second kappa shape index (κ2) is 7.89. The van der Waals surface area contributed by atoms with E-state index in [0.29, 0.717) is 15.7 Å². The summed E-state index contributed by atoms with van der Waals surface area (Å²) in [4.78, 5) is 29.1. The van der Waals surface area contributed by atoms with E-state index >= 15 is 0 Å². The van der Waals surface area contributed by atoms with Gasteiger partial charge in [-0.2, -0.15) is 0 Å². The Kier molecular flexibility index (Phi) is 5.39. The van der Waals surface area contributed by atoms with Crippen molar-refractivity contribution >= 4 is 34.2 Å².